The Bertz CT molecular complexity index is 593. The van der Waals surface area contributed by atoms with Crippen LogP contribution < -0.4 is 10.1 Å². The minimum atomic E-state index is 0.688. The van der Waals surface area contributed by atoms with E-state index in [1.165, 1.54) is 0 Å². The van der Waals surface area contributed by atoms with Gasteiger partial charge in [0.1, 0.15) is 5.75 Å². The lowest BCUT2D eigenvalue weighted by Gasteiger charge is -2.11. The minimum Gasteiger partial charge on any atom is -0.439 e. The number of hydrogen-bond donors (Lipinski definition) is 1. The van der Waals surface area contributed by atoms with Gasteiger partial charge in [-0.3, -0.25) is 0 Å². The fourth-order valence-electron chi connectivity index (χ4n) is 2.17. The Kier molecular flexibility index (Phi) is 5.36. The van der Waals surface area contributed by atoms with E-state index in [0.717, 1.165) is 35.0 Å². The van der Waals surface area contributed by atoms with Gasteiger partial charge in [0.2, 0.25) is 5.88 Å². The smallest absolute Gasteiger partial charge is 0.222 e. The van der Waals surface area contributed by atoms with Crippen LogP contribution in [0.3, 0.4) is 0 Å². The van der Waals surface area contributed by atoms with Gasteiger partial charge in [0.25, 0.3) is 0 Å². The summed E-state index contributed by atoms with van der Waals surface area (Å²) in [6.07, 6.45) is 0. The first-order valence-corrected chi connectivity index (χ1v) is 7.09. The molecule has 2 rings (SSSR count). The number of ether oxygens (including phenoxy) is 2. The number of aryl methyl sites for hydroxylation is 3. The summed E-state index contributed by atoms with van der Waals surface area (Å²) in [5.41, 5.74) is 3.16. The van der Waals surface area contributed by atoms with E-state index in [0.29, 0.717) is 13.2 Å². The van der Waals surface area contributed by atoms with Crippen LogP contribution in [0, 0.1) is 13.8 Å². The van der Waals surface area contributed by atoms with Gasteiger partial charge in [-0.05, 0) is 25.5 Å². The summed E-state index contributed by atoms with van der Waals surface area (Å²) in [5, 5.41) is 7.80. The van der Waals surface area contributed by atoms with Crippen molar-refractivity contribution >= 4 is 0 Å². The number of methoxy groups -OCH3 is 1. The first kappa shape index (κ1) is 15.5. The van der Waals surface area contributed by atoms with Gasteiger partial charge < -0.3 is 14.8 Å². The van der Waals surface area contributed by atoms with Crippen LogP contribution in [0.1, 0.15) is 16.8 Å². The zero-order valence-corrected chi connectivity index (χ0v) is 13.1. The molecule has 0 fully saturated rings. The summed E-state index contributed by atoms with van der Waals surface area (Å²) in [7, 11) is 3.60. The number of rotatable bonds is 7. The second-order valence-electron chi connectivity index (χ2n) is 5.03. The summed E-state index contributed by atoms with van der Waals surface area (Å²) in [5.74, 6) is 1.64. The summed E-state index contributed by atoms with van der Waals surface area (Å²) < 4.78 is 12.9. The molecule has 2 aromatic rings. The molecule has 0 bridgehead atoms. The highest BCUT2D eigenvalue weighted by atomic mass is 16.5. The quantitative estimate of drug-likeness (QED) is 0.796. The van der Waals surface area contributed by atoms with Crippen LogP contribution in [-0.2, 0) is 18.3 Å². The zero-order chi connectivity index (χ0) is 15.2. The van der Waals surface area contributed by atoms with Crippen molar-refractivity contribution in [3.63, 3.8) is 0 Å². The highest BCUT2D eigenvalue weighted by Gasteiger charge is 2.15. The van der Waals surface area contributed by atoms with Crippen LogP contribution in [0.5, 0.6) is 11.6 Å². The first-order chi connectivity index (χ1) is 10.1. The molecule has 21 heavy (non-hydrogen) atoms. The molecule has 114 valence electrons. The van der Waals surface area contributed by atoms with Gasteiger partial charge in [0.15, 0.2) is 0 Å². The van der Waals surface area contributed by atoms with E-state index in [9.17, 15) is 0 Å². The maximum absolute atomic E-state index is 6.08. The van der Waals surface area contributed by atoms with Crippen LogP contribution in [0.2, 0.25) is 0 Å². The summed E-state index contributed by atoms with van der Waals surface area (Å²) >= 11 is 0. The molecule has 1 N–H and O–H groups in total. The minimum absolute atomic E-state index is 0.688. The van der Waals surface area contributed by atoms with Crippen molar-refractivity contribution in [3.8, 4) is 11.6 Å². The van der Waals surface area contributed by atoms with Crippen LogP contribution in [0.15, 0.2) is 24.3 Å². The Balaban J connectivity index is 2.16. The van der Waals surface area contributed by atoms with Crippen molar-refractivity contribution in [2.24, 2.45) is 7.05 Å². The highest BCUT2D eigenvalue weighted by Crippen LogP contribution is 2.29. The van der Waals surface area contributed by atoms with Crippen molar-refractivity contribution in [3.05, 3.63) is 41.1 Å². The van der Waals surface area contributed by atoms with E-state index in [2.05, 4.69) is 10.4 Å². The van der Waals surface area contributed by atoms with Crippen LogP contribution in [0.25, 0.3) is 0 Å². The Morgan fingerprint density at radius 3 is 2.71 bits per heavy atom. The first-order valence-electron chi connectivity index (χ1n) is 7.09. The SMILES string of the molecule is COCCNCc1c(C)nn(C)c1Oc1ccccc1C. The monoisotopic (exact) mass is 289 g/mol. The zero-order valence-electron chi connectivity index (χ0n) is 13.1. The normalized spacial score (nSPS) is 10.9. The lowest BCUT2D eigenvalue weighted by Crippen LogP contribution is -2.19. The van der Waals surface area contributed by atoms with E-state index in [1.54, 1.807) is 11.8 Å². The number of aromatic nitrogens is 2. The molecular formula is C16H23N3O2. The van der Waals surface area contributed by atoms with Crippen molar-refractivity contribution in [1.29, 1.82) is 0 Å². The fraction of sp³-hybridized carbons (Fsp3) is 0.438. The molecule has 1 aromatic heterocycles. The average Bonchev–Trinajstić information content (AvgIpc) is 2.72. The van der Waals surface area contributed by atoms with Gasteiger partial charge in [0.05, 0.1) is 17.9 Å². The lowest BCUT2D eigenvalue weighted by atomic mass is 10.2. The van der Waals surface area contributed by atoms with Crippen molar-refractivity contribution in [2.45, 2.75) is 20.4 Å². The maximum atomic E-state index is 6.08. The number of nitrogens with zero attached hydrogens (tertiary/aromatic N) is 2. The largest absolute Gasteiger partial charge is 0.439 e. The van der Waals surface area contributed by atoms with E-state index < -0.39 is 0 Å². The molecule has 0 aliphatic rings. The molecule has 0 saturated heterocycles. The van der Waals surface area contributed by atoms with Crippen LogP contribution in [0.4, 0.5) is 0 Å². The molecule has 0 amide bonds. The molecule has 0 radical (unpaired) electrons. The summed E-state index contributed by atoms with van der Waals surface area (Å²) in [4.78, 5) is 0. The van der Waals surface area contributed by atoms with Crippen molar-refractivity contribution in [2.75, 3.05) is 20.3 Å². The number of nitrogens with one attached hydrogen (secondary N) is 1. The number of benzene rings is 1. The average molecular weight is 289 g/mol. The lowest BCUT2D eigenvalue weighted by molar-refractivity contribution is 0.199. The second-order valence-corrected chi connectivity index (χ2v) is 5.03. The van der Waals surface area contributed by atoms with E-state index in [4.69, 9.17) is 9.47 Å². The molecule has 5 nitrogen and oxygen atoms in total. The number of para-hydroxylation sites is 1. The maximum Gasteiger partial charge on any atom is 0.222 e. The molecule has 5 heteroatoms. The molecular weight excluding hydrogens is 266 g/mol. The molecule has 0 atom stereocenters. The topological polar surface area (TPSA) is 48.3 Å². The molecule has 1 heterocycles. The predicted molar refractivity (Wildman–Crippen MR) is 82.8 cm³/mol. The van der Waals surface area contributed by atoms with Gasteiger partial charge >= 0.3 is 0 Å². The third-order valence-electron chi connectivity index (χ3n) is 3.37. The summed E-state index contributed by atoms with van der Waals surface area (Å²) in [6.45, 7) is 6.24. The summed E-state index contributed by atoms with van der Waals surface area (Å²) in [6, 6.07) is 7.99. The Morgan fingerprint density at radius 1 is 1.24 bits per heavy atom. The van der Waals surface area contributed by atoms with Gasteiger partial charge in [-0.1, -0.05) is 18.2 Å². The molecule has 0 aliphatic carbocycles. The number of hydrogen-bond acceptors (Lipinski definition) is 4. The standard InChI is InChI=1S/C16H23N3O2/c1-12-7-5-6-8-15(12)21-16-14(11-17-9-10-20-4)13(2)18-19(16)3/h5-8,17H,9-11H2,1-4H3. The molecule has 1 aromatic carbocycles. The van der Waals surface area contributed by atoms with E-state index >= 15 is 0 Å². The molecule has 0 saturated carbocycles. The highest BCUT2D eigenvalue weighted by molar-refractivity contribution is 5.39. The van der Waals surface area contributed by atoms with Crippen molar-refractivity contribution < 1.29 is 9.47 Å². The van der Waals surface area contributed by atoms with Crippen LogP contribution >= 0.6 is 0 Å². The molecule has 0 unspecified atom stereocenters. The van der Waals surface area contributed by atoms with E-state index in [-0.39, 0.29) is 0 Å². The van der Waals surface area contributed by atoms with Gasteiger partial charge in [-0.15, -0.1) is 0 Å². The Labute approximate surface area is 125 Å². The second kappa shape index (κ2) is 7.24. The van der Waals surface area contributed by atoms with E-state index in [1.807, 2.05) is 45.2 Å². The molecule has 0 spiro atoms. The molecule has 0 aliphatic heterocycles. The fourth-order valence-corrected chi connectivity index (χ4v) is 2.17. The van der Waals surface area contributed by atoms with Crippen molar-refractivity contribution in [1.82, 2.24) is 15.1 Å². The van der Waals surface area contributed by atoms with Crippen LogP contribution in [-0.4, -0.2) is 30.0 Å². The van der Waals surface area contributed by atoms with Gasteiger partial charge in [-0.25, -0.2) is 4.68 Å². The van der Waals surface area contributed by atoms with Gasteiger partial charge in [-0.2, -0.15) is 5.10 Å². The Hall–Kier alpha value is -1.85. The third kappa shape index (κ3) is 3.83. The third-order valence-corrected chi connectivity index (χ3v) is 3.37. The van der Waals surface area contributed by atoms with Gasteiger partial charge in [0, 0.05) is 27.2 Å². The predicted octanol–water partition coefficient (Wildman–Crippen LogP) is 2.57. The Morgan fingerprint density at radius 2 is 2.00 bits per heavy atom.